The number of ether oxygens (including phenoxy) is 1. The number of hydrogen-bond acceptors (Lipinski definition) is 5. The van der Waals surface area contributed by atoms with E-state index in [2.05, 4.69) is 53.2 Å². The number of benzene rings is 2. The molecule has 0 aliphatic carbocycles. The van der Waals surface area contributed by atoms with Gasteiger partial charge in [-0.3, -0.25) is 0 Å². The molecule has 1 unspecified atom stereocenters. The van der Waals surface area contributed by atoms with Crippen molar-refractivity contribution in [2.45, 2.75) is 26.8 Å². The van der Waals surface area contributed by atoms with E-state index < -0.39 is 0 Å². The Hall–Kier alpha value is -2.90. The first-order chi connectivity index (χ1) is 15.9. The van der Waals surface area contributed by atoms with Crippen molar-refractivity contribution in [1.82, 2.24) is 4.90 Å². The molecule has 0 amide bonds. The predicted octanol–water partition coefficient (Wildman–Crippen LogP) is 5.73. The quantitative estimate of drug-likeness (QED) is 0.381. The highest BCUT2D eigenvalue weighted by Gasteiger charge is 2.28. The van der Waals surface area contributed by atoms with Crippen molar-refractivity contribution in [2.24, 2.45) is 0 Å². The number of aryl methyl sites for hydroxylation is 2. The largest absolute Gasteiger partial charge is 0.465 e. The molecular weight excluding hydrogens is 450 g/mol. The van der Waals surface area contributed by atoms with Gasteiger partial charge < -0.3 is 19.9 Å². The zero-order valence-electron chi connectivity index (χ0n) is 19.4. The summed E-state index contributed by atoms with van der Waals surface area (Å²) < 4.78 is 5.13. The second-order valence-corrected chi connectivity index (χ2v) is 9.96. The second kappa shape index (κ2) is 9.93. The summed E-state index contributed by atoms with van der Waals surface area (Å²) in [6.45, 7) is 8.85. The molecule has 2 heterocycles. The molecule has 172 valence electrons. The van der Waals surface area contributed by atoms with Gasteiger partial charge in [-0.25, -0.2) is 4.79 Å². The van der Waals surface area contributed by atoms with E-state index in [0.29, 0.717) is 16.7 Å². The number of carbonyl (C=O) groups is 1. The molecule has 1 atom stereocenters. The molecule has 33 heavy (non-hydrogen) atoms. The van der Waals surface area contributed by atoms with Crippen molar-refractivity contribution >= 4 is 45.3 Å². The molecule has 1 aliphatic rings. The molecule has 0 saturated carbocycles. The Kier molecular flexibility index (Phi) is 7.00. The molecule has 0 spiro atoms. The van der Waals surface area contributed by atoms with Crippen molar-refractivity contribution in [3.05, 3.63) is 70.6 Å². The van der Waals surface area contributed by atoms with Crippen molar-refractivity contribution < 1.29 is 9.53 Å². The van der Waals surface area contributed by atoms with Crippen molar-refractivity contribution in [3.63, 3.8) is 0 Å². The lowest BCUT2D eigenvalue weighted by Gasteiger charge is -2.42. The number of nitrogens with one attached hydrogen (secondary N) is 1. The summed E-state index contributed by atoms with van der Waals surface area (Å²) >= 11 is 7.32. The van der Waals surface area contributed by atoms with Gasteiger partial charge in [-0.15, -0.1) is 11.3 Å². The number of methoxy groups -OCH3 is 1. The minimum atomic E-state index is -0.360. The van der Waals surface area contributed by atoms with Gasteiger partial charge in [0.2, 0.25) is 0 Å². The van der Waals surface area contributed by atoms with Gasteiger partial charge in [0, 0.05) is 41.8 Å². The zero-order chi connectivity index (χ0) is 23.5. The number of hydrogen-bond donors (Lipinski definition) is 1. The minimum Gasteiger partial charge on any atom is -0.465 e. The monoisotopic (exact) mass is 479 g/mol. The average molecular weight is 480 g/mol. The Balaban J connectivity index is 1.53. The molecule has 2 aromatic carbocycles. The highest BCUT2D eigenvalue weighted by molar-refractivity contribution is 7.80. The van der Waals surface area contributed by atoms with Crippen LogP contribution in [0.25, 0.3) is 11.1 Å². The van der Waals surface area contributed by atoms with E-state index >= 15 is 0 Å². The number of thiocarbonyl (C=S) groups is 1. The lowest BCUT2D eigenvalue weighted by molar-refractivity contribution is 0.0603. The molecule has 4 rings (SSSR count). The molecule has 1 N–H and O–H groups in total. The predicted molar refractivity (Wildman–Crippen MR) is 142 cm³/mol. The summed E-state index contributed by atoms with van der Waals surface area (Å²) in [6, 6.07) is 18.9. The smallest absolute Gasteiger partial charge is 0.341 e. The molecule has 5 nitrogen and oxygen atoms in total. The normalized spacial score (nSPS) is 15.9. The summed E-state index contributed by atoms with van der Waals surface area (Å²) in [6.07, 6.45) is 0. The second-order valence-electron chi connectivity index (χ2n) is 8.35. The van der Waals surface area contributed by atoms with Crippen LogP contribution < -0.4 is 10.2 Å². The van der Waals surface area contributed by atoms with Crippen LogP contribution in [0.5, 0.6) is 0 Å². The number of thiophene rings is 1. The van der Waals surface area contributed by atoms with Crippen molar-refractivity contribution in [1.29, 1.82) is 0 Å². The van der Waals surface area contributed by atoms with Gasteiger partial charge in [-0.05, 0) is 50.7 Å². The third kappa shape index (κ3) is 4.89. The van der Waals surface area contributed by atoms with Gasteiger partial charge in [0.1, 0.15) is 10.6 Å². The van der Waals surface area contributed by atoms with Gasteiger partial charge in [-0.2, -0.15) is 0 Å². The van der Waals surface area contributed by atoms with Crippen LogP contribution in [0.1, 0.15) is 27.7 Å². The van der Waals surface area contributed by atoms with E-state index in [4.69, 9.17) is 17.0 Å². The van der Waals surface area contributed by atoms with Crippen LogP contribution in [-0.2, 0) is 4.74 Å². The Morgan fingerprint density at radius 3 is 2.42 bits per heavy atom. The summed E-state index contributed by atoms with van der Waals surface area (Å²) in [5, 5.41) is 4.73. The molecule has 1 saturated heterocycles. The van der Waals surface area contributed by atoms with Gasteiger partial charge in [0.25, 0.3) is 0 Å². The van der Waals surface area contributed by atoms with E-state index in [-0.39, 0.29) is 5.97 Å². The third-order valence-corrected chi connectivity index (χ3v) is 7.42. The maximum absolute atomic E-state index is 12.8. The van der Waals surface area contributed by atoms with Crippen LogP contribution in [0.4, 0.5) is 10.7 Å². The van der Waals surface area contributed by atoms with Gasteiger partial charge >= 0.3 is 5.97 Å². The lowest BCUT2D eigenvalue weighted by Crippen LogP contribution is -2.54. The number of anilines is 2. The number of carbonyl (C=O) groups excluding carboxylic acids is 1. The van der Waals surface area contributed by atoms with Crippen LogP contribution in [0.15, 0.2) is 54.6 Å². The van der Waals surface area contributed by atoms with Crippen LogP contribution >= 0.6 is 23.6 Å². The Morgan fingerprint density at radius 1 is 1.09 bits per heavy atom. The third-order valence-electron chi connectivity index (χ3n) is 6.04. The first-order valence-electron chi connectivity index (χ1n) is 11.1. The number of piperazine rings is 1. The lowest BCUT2D eigenvalue weighted by atomic mass is 10.0. The molecule has 1 aromatic heterocycles. The molecule has 1 fully saturated rings. The maximum Gasteiger partial charge on any atom is 0.341 e. The molecule has 7 heteroatoms. The SMILES string of the molecule is COC(=O)c1c(NC(=S)N2CCN(c3ccc(C)cc3)C(C)C2)sc(C)c1-c1ccccc1. The van der Waals surface area contributed by atoms with Gasteiger partial charge in [0.05, 0.1) is 7.11 Å². The summed E-state index contributed by atoms with van der Waals surface area (Å²) in [7, 11) is 1.41. The topological polar surface area (TPSA) is 44.8 Å². The van der Waals surface area contributed by atoms with Crippen LogP contribution in [0, 0.1) is 13.8 Å². The first kappa shape index (κ1) is 23.3. The molecule has 0 bridgehead atoms. The standard InChI is InChI=1S/C26H29N3O2S2/c1-17-10-12-21(13-11-17)29-15-14-28(16-18(29)2)26(32)27-24-23(25(30)31-4)22(19(3)33-24)20-8-6-5-7-9-20/h5-13,18H,14-16H2,1-4H3,(H,27,32). The van der Waals surface area contributed by atoms with Crippen molar-refractivity contribution in [2.75, 3.05) is 37.0 Å². The molecular formula is C26H29N3O2S2. The Bertz CT molecular complexity index is 1140. The summed E-state index contributed by atoms with van der Waals surface area (Å²) in [5.74, 6) is -0.360. The minimum absolute atomic E-state index is 0.311. The fourth-order valence-corrected chi connectivity index (χ4v) is 5.72. The number of esters is 1. The molecule has 0 radical (unpaired) electrons. The van der Waals surface area contributed by atoms with E-state index in [9.17, 15) is 4.79 Å². The van der Waals surface area contributed by atoms with Crippen molar-refractivity contribution in [3.8, 4) is 11.1 Å². The summed E-state index contributed by atoms with van der Waals surface area (Å²) in [4.78, 5) is 18.4. The maximum atomic E-state index is 12.8. The Morgan fingerprint density at radius 2 is 1.79 bits per heavy atom. The fraction of sp³-hybridized carbons (Fsp3) is 0.308. The van der Waals surface area contributed by atoms with Crippen LogP contribution in [0.2, 0.25) is 0 Å². The zero-order valence-corrected chi connectivity index (χ0v) is 21.1. The van der Waals surface area contributed by atoms with Crippen LogP contribution in [0.3, 0.4) is 0 Å². The molecule has 3 aromatic rings. The fourth-order valence-electron chi connectivity index (χ4n) is 4.32. The van der Waals surface area contributed by atoms with E-state index in [0.717, 1.165) is 40.6 Å². The van der Waals surface area contributed by atoms with E-state index in [1.54, 1.807) is 0 Å². The number of nitrogens with zero attached hydrogens (tertiary/aromatic N) is 2. The highest BCUT2D eigenvalue weighted by Crippen LogP contribution is 2.40. The Labute approximate surface area is 205 Å². The van der Waals surface area contributed by atoms with E-state index in [1.165, 1.54) is 29.7 Å². The average Bonchev–Trinajstić information content (AvgIpc) is 3.15. The summed E-state index contributed by atoms with van der Waals surface area (Å²) in [5.41, 5.74) is 4.93. The van der Waals surface area contributed by atoms with Crippen LogP contribution in [-0.4, -0.2) is 48.8 Å². The van der Waals surface area contributed by atoms with Gasteiger partial charge in [0.15, 0.2) is 5.11 Å². The molecule has 1 aliphatic heterocycles. The van der Waals surface area contributed by atoms with Gasteiger partial charge in [-0.1, -0.05) is 48.0 Å². The first-order valence-corrected chi connectivity index (χ1v) is 12.3. The highest BCUT2D eigenvalue weighted by atomic mass is 32.1. The number of rotatable bonds is 4. The van der Waals surface area contributed by atoms with E-state index in [1.807, 2.05) is 37.3 Å².